The van der Waals surface area contributed by atoms with Crippen molar-refractivity contribution in [2.24, 2.45) is 0 Å². The van der Waals surface area contributed by atoms with Gasteiger partial charge >= 0.3 is 18.4 Å². The Morgan fingerprint density at radius 3 is 2.35 bits per heavy atom. The van der Waals surface area contributed by atoms with Crippen LogP contribution in [0.5, 0.6) is 0 Å². The lowest BCUT2D eigenvalue weighted by atomic mass is 9.83. The van der Waals surface area contributed by atoms with Crippen LogP contribution in [0, 0.1) is 5.82 Å². The number of amides is 1. The molecule has 0 bridgehead atoms. The summed E-state index contributed by atoms with van der Waals surface area (Å²) in [6.45, 7) is 0.926. The maximum atomic E-state index is 13.5. The monoisotopic (exact) mass is 532 g/mol. The van der Waals surface area contributed by atoms with Crippen molar-refractivity contribution in [2.45, 2.75) is 30.4 Å². The van der Waals surface area contributed by atoms with Crippen LogP contribution in [-0.4, -0.2) is 57.4 Å². The van der Waals surface area contributed by atoms with Crippen LogP contribution in [-0.2, 0) is 17.1 Å². The molecule has 2 aliphatic heterocycles. The van der Waals surface area contributed by atoms with Crippen LogP contribution in [0.25, 0.3) is 5.65 Å². The van der Waals surface area contributed by atoms with Crippen LogP contribution < -0.4 is 10.6 Å². The molecule has 198 valence electrons. The summed E-state index contributed by atoms with van der Waals surface area (Å²) < 4.78 is 99.0. The minimum atomic E-state index is -4.91. The van der Waals surface area contributed by atoms with Gasteiger partial charge < -0.3 is 15.4 Å². The van der Waals surface area contributed by atoms with Gasteiger partial charge in [0, 0.05) is 38.2 Å². The molecule has 2 N–H and O–H groups in total. The van der Waals surface area contributed by atoms with E-state index in [0.717, 1.165) is 0 Å². The van der Waals surface area contributed by atoms with Gasteiger partial charge in [-0.3, -0.25) is 4.90 Å². The number of alkyl halides is 6. The van der Waals surface area contributed by atoms with Crippen molar-refractivity contribution in [3.8, 4) is 0 Å². The summed E-state index contributed by atoms with van der Waals surface area (Å²) in [5, 5.41) is 8.95. The van der Waals surface area contributed by atoms with Crippen molar-refractivity contribution in [2.75, 3.05) is 31.6 Å². The summed E-state index contributed by atoms with van der Waals surface area (Å²) in [6, 6.07) is 5.96. The number of rotatable bonds is 5. The van der Waals surface area contributed by atoms with E-state index in [2.05, 4.69) is 20.7 Å². The predicted molar refractivity (Wildman–Crippen MR) is 114 cm³/mol. The Hall–Kier alpha value is -3.62. The van der Waals surface area contributed by atoms with Crippen LogP contribution in [0.4, 0.5) is 41.3 Å². The molecule has 3 aromatic rings. The van der Waals surface area contributed by atoms with Gasteiger partial charge in [0.05, 0.1) is 18.2 Å². The van der Waals surface area contributed by atoms with Gasteiger partial charge in [-0.15, -0.1) is 0 Å². The van der Waals surface area contributed by atoms with E-state index in [1.165, 1.54) is 24.3 Å². The largest absolute Gasteiger partial charge is 0.449 e. The summed E-state index contributed by atoms with van der Waals surface area (Å²) >= 11 is 0. The highest BCUT2D eigenvalue weighted by Gasteiger charge is 2.49. The van der Waals surface area contributed by atoms with Gasteiger partial charge in [0.15, 0.2) is 17.0 Å². The number of nitrogens with one attached hydrogen (secondary N) is 2. The highest BCUT2D eigenvalue weighted by Crippen LogP contribution is 2.36. The molecule has 37 heavy (non-hydrogen) atoms. The van der Waals surface area contributed by atoms with E-state index in [1.807, 2.05) is 4.90 Å². The number of alkyl carbamates (subject to hydrolysis) is 1. The third-order valence-electron chi connectivity index (χ3n) is 6.37. The van der Waals surface area contributed by atoms with Gasteiger partial charge in [0.2, 0.25) is 0 Å². The number of likely N-dealkylation sites (tertiary alicyclic amines) is 1. The fourth-order valence-electron chi connectivity index (χ4n) is 4.57. The molecule has 1 atom stereocenters. The average molecular weight is 532 g/mol. The topological polar surface area (TPSA) is 83.8 Å². The standard InChI is InChI=1S/C22H19F7N6O2/c23-13-3-1-12(2-4-13)14(34-10-20(11-34)5-6-37-19(36)32-20)9-30-17-7-15(21(24,25)26)31-18-8-16(22(27,28)29)33-35(17)18/h1-4,7-8,14,30H,5-6,9-11H2,(H,32,36)/t14-/m0/s1. The normalized spacial score (nSPS) is 18.8. The second-order valence-corrected chi connectivity index (χ2v) is 8.97. The molecule has 4 heterocycles. The number of hydrogen-bond acceptors (Lipinski definition) is 6. The molecular weight excluding hydrogens is 513 g/mol. The third-order valence-corrected chi connectivity index (χ3v) is 6.37. The maximum absolute atomic E-state index is 13.5. The van der Waals surface area contributed by atoms with Crippen LogP contribution in [0.15, 0.2) is 36.4 Å². The molecule has 2 saturated heterocycles. The van der Waals surface area contributed by atoms with Gasteiger partial charge in [0.25, 0.3) is 0 Å². The molecule has 5 rings (SSSR count). The number of aromatic nitrogens is 3. The fraction of sp³-hybridized carbons (Fsp3) is 0.409. The van der Waals surface area contributed by atoms with Gasteiger partial charge in [0.1, 0.15) is 11.6 Å². The maximum Gasteiger partial charge on any atom is 0.435 e. The van der Waals surface area contributed by atoms with Crippen molar-refractivity contribution in [1.29, 1.82) is 0 Å². The molecule has 1 spiro atoms. The van der Waals surface area contributed by atoms with Crippen molar-refractivity contribution < 1.29 is 40.3 Å². The smallest absolute Gasteiger partial charge is 0.435 e. The van der Waals surface area contributed by atoms with Gasteiger partial charge in [-0.05, 0) is 17.7 Å². The first-order valence-electron chi connectivity index (χ1n) is 11.1. The number of carbonyl (C=O) groups excluding carboxylic acids is 1. The second kappa shape index (κ2) is 8.75. The summed E-state index contributed by atoms with van der Waals surface area (Å²) in [4.78, 5) is 16.9. The first-order chi connectivity index (χ1) is 17.3. The summed E-state index contributed by atoms with van der Waals surface area (Å²) in [5.41, 5.74) is -3.33. The molecule has 1 aromatic carbocycles. The first-order valence-corrected chi connectivity index (χ1v) is 11.1. The number of nitrogens with zero attached hydrogens (tertiary/aromatic N) is 4. The van der Waals surface area contributed by atoms with E-state index in [0.29, 0.717) is 41.7 Å². The molecule has 2 aliphatic rings. The SMILES string of the molecule is O=C1NC2(CCO1)CN([C@@H](CNc1cc(C(F)(F)F)nc3cc(C(F)(F)F)nn13)c1ccc(F)cc1)C2. The number of benzene rings is 1. The molecule has 2 aromatic heterocycles. The lowest BCUT2D eigenvalue weighted by molar-refractivity contribution is -0.142. The first kappa shape index (κ1) is 25.0. The van der Waals surface area contributed by atoms with Crippen molar-refractivity contribution in [3.05, 3.63) is 59.2 Å². The highest BCUT2D eigenvalue weighted by molar-refractivity contribution is 5.69. The average Bonchev–Trinajstić information content (AvgIpc) is 3.24. The number of fused-ring (bicyclic) bond motifs is 1. The van der Waals surface area contributed by atoms with Crippen molar-refractivity contribution >= 4 is 17.6 Å². The fourth-order valence-corrected chi connectivity index (χ4v) is 4.57. The minimum absolute atomic E-state index is 0.0657. The van der Waals surface area contributed by atoms with E-state index in [-0.39, 0.29) is 19.0 Å². The highest BCUT2D eigenvalue weighted by atomic mass is 19.4. The van der Waals surface area contributed by atoms with E-state index < -0.39 is 52.9 Å². The van der Waals surface area contributed by atoms with Crippen LogP contribution in [0.3, 0.4) is 0 Å². The number of carbonyl (C=O) groups is 1. The zero-order valence-corrected chi connectivity index (χ0v) is 18.8. The number of halogens is 7. The van der Waals surface area contributed by atoms with E-state index >= 15 is 0 Å². The Morgan fingerprint density at radius 2 is 1.73 bits per heavy atom. The summed E-state index contributed by atoms with van der Waals surface area (Å²) in [6.07, 6.45) is -9.81. The molecular formula is C22H19F7N6O2. The Bertz CT molecular complexity index is 1320. The third kappa shape index (κ3) is 4.99. The Balaban J connectivity index is 1.45. The molecule has 2 fully saturated rings. The minimum Gasteiger partial charge on any atom is -0.449 e. The lowest BCUT2D eigenvalue weighted by Gasteiger charge is -2.54. The second-order valence-electron chi connectivity index (χ2n) is 8.97. The van der Waals surface area contributed by atoms with E-state index in [4.69, 9.17) is 4.74 Å². The number of cyclic esters (lactones) is 1. The van der Waals surface area contributed by atoms with E-state index in [1.54, 1.807) is 0 Å². The van der Waals surface area contributed by atoms with Crippen LogP contribution in [0.1, 0.15) is 29.4 Å². The summed E-state index contributed by atoms with van der Waals surface area (Å²) in [5.74, 6) is -0.844. The molecule has 0 radical (unpaired) electrons. The zero-order valence-electron chi connectivity index (χ0n) is 18.8. The molecule has 15 heteroatoms. The quantitative estimate of drug-likeness (QED) is 0.479. The summed E-state index contributed by atoms with van der Waals surface area (Å²) in [7, 11) is 0. The lowest BCUT2D eigenvalue weighted by Crippen LogP contribution is -2.72. The predicted octanol–water partition coefficient (Wildman–Crippen LogP) is 4.24. The molecule has 0 aliphatic carbocycles. The molecule has 1 amide bonds. The van der Waals surface area contributed by atoms with Gasteiger partial charge in [-0.25, -0.2) is 14.2 Å². The molecule has 0 unspecified atom stereocenters. The Kier molecular flexibility index (Phi) is 5.92. The molecule has 0 saturated carbocycles. The van der Waals surface area contributed by atoms with Gasteiger partial charge in [-0.1, -0.05) is 12.1 Å². The Morgan fingerprint density at radius 1 is 1.05 bits per heavy atom. The van der Waals surface area contributed by atoms with Crippen LogP contribution >= 0.6 is 0 Å². The van der Waals surface area contributed by atoms with E-state index in [9.17, 15) is 35.5 Å². The van der Waals surface area contributed by atoms with Crippen molar-refractivity contribution in [1.82, 2.24) is 24.8 Å². The zero-order chi connectivity index (χ0) is 26.6. The van der Waals surface area contributed by atoms with Crippen molar-refractivity contribution in [3.63, 3.8) is 0 Å². The Labute approximate surface area is 204 Å². The molecule has 8 nitrogen and oxygen atoms in total. The van der Waals surface area contributed by atoms with Crippen LogP contribution in [0.2, 0.25) is 0 Å². The number of ether oxygens (including phenoxy) is 1. The number of anilines is 1. The number of hydrogen-bond donors (Lipinski definition) is 2. The van der Waals surface area contributed by atoms with Gasteiger partial charge in [-0.2, -0.15) is 36.0 Å².